The van der Waals surface area contributed by atoms with E-state index in [1.165, 1.54) is 5.56 Å². The molecule has 1 aromatic heterocycles. The van der Waals surface area contributed by atoms with Crippen LogP contribution in [0.25, 0.3) is 0 Å². The summed E-state index contributed by atoms with van der Waals surface area (Å²) in [6.45, 7) is 1.93. The van der Waals surface area contributed by atoms with Gasteiger partial charge in [0, 0.05) is 12.5 Å². The van der Waals surface area contributed by atoms with Gasteiger partial charge < -0.3 is 4.52 Å². The molecule has 0 fully saturated rings. The minimum Gasteiger partial charge on any atom is -0.361 e. The van der Waals surface area contributed by atoms with Crippen molar-refractivity contribution in [1.29, 1.82) is 0 Å². The van der Waals surface area contributed by atoms with Crippen molar-refractivity contribution in [3.05, 3.63) is 53.4 Å². The van der Waals surface area contributed by atoms with Crippen LogP contribution < -0.4 is 0 Å². The normalized spacial score (nSPS) is 10.2. The van der Waals surface area contributed by atoms with Crippen LogP contribution in [0, 0.1) is 6.92 Å². The van der Waals surface area contributed by atoms with E-state index in [9.17, 15) is 0 Å². The Balaban J connectivity index is 2.15. The molecule has 66 valence electrons. The molecule has 0 aliphatic carbocycles. The zero-order valence-electron chi connectivity index (χ0n) is 7.53. The summed E-state index contributed by atoms with van der Waals surface area (Å²) in [4.78, 5) is 0. The standard InChI is InChI=1S/C11H11NO/c1-9-7-11(13-12-9)8-10-5-3-2-4-6-10/h2-7H,8H2,1H3. The molecule has 0 N–H and O–H groups in total. The first-order valence-corrected chi connectivity index (χ1v) is 4.31. The van der Waals surface area contributed by atoms with Crippen molar-refractivity contribution >= 4 is 0 Å². The smallest absolute Gasteiger partial charge is 0.141 e. The maximum atomic E-state index is 5.12. The largest absolute Gasteiger partial charge is 0.361 e. The Bertz CT molecular complexity index is 378. The number of hydrogen-bond acceptors (Lipinski definition) is 2. The van der Waals surface area contributed by atoms with Gasteiger partial charge in [0.25, 0.3) is 0 Å². The highest BCUT2D eigenvalue weighted by molar-refractivity contribution is 5.20. The van der Waals surface area contributed by atoms with E-state index in [4.69, 9.17) is 4.52 Å². The number of aryl methyl sites for hydroxylation is 1. The molecule has 0 amide bonds. The second-order valence-electron chi connectivity index (χ2n) is 3.10. The SMILES string of the molecule is Cc1cc(Cc2ccccc2)on1. The summed E-state index contributed by atoms with van der Waals surface area (Å²) in [5.41, 5.74) is 2.18. The monoisotopic (exact) mass is 173 g/mol. The summed E-state index contributed by atoms with van der Waals surface area (Å²) in [5.74, 6) is 0.920. The Hall–Kier alpha value is -1.57. The van der Waals surface area contributed by atoms with Gasteiger partial charge in [-0.1, -0.05) is 35.5 Å². The van der Waals surface area contributed by atoms with Crippen LogP contribution in [0.2, 0.25) is 0 Å². The van der Waals surface area contributed by atoms with Crippen molar-refractivity contribution in [2.75, 3.05) is 0 Å². The average molecular weight is 173 g/mol. The molecule has 0 bridgehead atoms. The molecule has 13 heavy (non-hydrogen) atoms. The van der Waals surface area contributed by atoms with Crippen LogP contribution in [0.4, 0.5) is 0 Å². The lowest BCUT2D eigenvalue weighted by atomic mass is 10.1. The van der Waals surface area contributed by atoms with Crippen molar-refractivity contribution in [3.8, 4) is 0 Å². The fraction of sp³-hybridized carbons (Fsp3) is 0.182. The van der Waals surface area contributed by atoms with Gasteiger partial charge in [0.05, 0.1) is 5.69 Å². The highest BCUT2D eigenvalue weighted by atomic mass is 16.5. The molecule has 0 atom stereocenters. The second kappa shape index (κ2) is 3.44. The summed E-state index contributed by atoms with van der Waals surface area (Å²) in [5, 5.41) is 3.84. The van der Waals surface area contributed by atoms with Gasteiger partial charge in [0.2, 0.25) is 0 Å². The minimum atomic E-state index is 0.821. The van der Waals surface area contributed by atoms with Crippen LogP contribution >= 0.6 is 0 Å². The number of rotatable bonds is 2. The predicted molar refractivity (Wildman–Crippen MR) is 50.5 cm³/mol. The van der Waals surface area contributed by atoms with E-state index in [1.807, 2.05) is 31.2 Å². The molecule has 2 nitrogen and oxygen atoms in total. The van der Waals surface area contributed by atoms with E-state index >= 15 is 0 Å². The molecule has 0 saturated carbocycles. The molecule has 2 aromatic rings. The van der Waals surface area contributed by atoms with E-state index < -0.39 is 0 Å². The Kier molecular flexibility index (Phi) is 2.13. The lowest BCUT2D eigenvalue weighted by Gasteiger charge is -1.94. The Morgan fingerprint density at radius 3 is 2.62 bits per heavy atom. The van der Waals surface area contributed by atoms with Gasteiger partial charge in [-0.25, -0.2) is 0 Å². The summed E-state index contributed by atoms with van der Waals surface area (Å²) >= 11 is 0. The van der Waals surface area contributed by atoms with Crippen molar-refractivity contribution in [1.82, 2.24) is 5.16 Å². The van der Waals surface area contributed by atoms with Crippen LogP contribution in [-0.4, -0.2) is 5.16 Å². The predicted octanol–water partition coefficient (Wildman–Crippen LogP) is 2.57. The number of nitrogens with zero attached hydrogens (tertiary/aromatic N) is 1. The average Bonchev–Trinajstić information content (AvgIpc) is 2.53. The lowest BCUT2D eigenvalue weighted by molar-refractivity contribution is 0.385. The first-order valence-electron chi connectivity index (χ1n) is 4.31. The summed E-state index contributed by atoms with van der Waals surface area (Å²) in [6.07, 6.45) is 0.821. The fourth-order valence-corrected chi connectivity index (χ4v) is 1.30. The Morgan fingerprint density at radius 2 is 2.00 bits per heavy atom. The van der Waals surface area contributed by atoms with E-state index in [0.717, 1.165) is 17.9 Å². The molecular weight excluding hydrogens is 162 g/mol. The molecule has 0 radical (unpaired) electrons. The highest BCUT2D eigenvalue weighted by Crippen LogP contribution is 2.09. The van der Waals surface area contributed by atoms with E-state index in [0.29, 0.717) is 0 Å². The minimum absolute atomic E-state index is 0.821. The first-order chi connectivity index (χ1) is 6.34. The van der Waals surface area contributed by atoms with E-state index in [1.54, 1.807) is 0 Å². The molecule has 0 aliphatic rings. The fourth-order valence-electron chi connectivity index (χ4n) is 1.30. The van der Waals surface area contributed by atoms with Crippen LogP contribution in [0.5, 0.6) is 0 Å². The van der Waals surface area contributed by atoms with Crippen molar-refractivity contribution in [2.45, 2.75) is 13.3 Å². The number of benzene rings is 1. The highest BCUT2D eigenvalue weighted by Gasteiger charge is 2.00. The molecule has 0 unspecified atom stereocenters. The van der Waals surface area contributed by atoms with Crippen molar-refractivity contribution in [3.63, 3.8) is 0 Å². The second-order valence-corrected chi connectivity index (χ2v) is 3.10. The maximum absolute atomic E-state index is 5.12. The third-order valence-corrected chi connectivity index (χ3v) is 1.90. The van der Waals surface area contributed by atoms with E-state index in [2.05, 4.69) is 17.3 Å². The molecular formula is C11H11NO. The van der Waals surface area contributed by atoms with Gasteiger partial charge in [0.15, 0.2) is 0 Å². The third-order valence-electron chi connectivity index (χ3n) is 1.90. The summed E-state index contributed by atoms with van der Waals surface area (Å²) < 4.78 is 5.12. The molecule has 0 saturated heterocycles. The molecule has 2 heteroatoms. The third kappa shape index (κ3) is 1.96. The summed E-state index contributed by atoms with van der Waals surface area (Å²) in [7, 11) is 0. The van der Waals surface area contributed by atoms with Gasteiger partial charge in [-0.05, 0) is 12.5 Å². The first kappa shape index (κ1) is 8.05. The van der Waals surface area contributed by atoms with Gasteiger partial charge in [-0.15, -0.1) is 0 Å². The Labute approximate surface area is 77.2 Å². The lowest BCUT2D eigenvalue weighted by Crippen LogP contribution is -1.83. The molecule has 0 aliphatic heterocycles. The van der Waals surface area contributed by atoms with Gasteiger partial charge >= 0.3 is 0 Å². The van der Waals surface area contributed by atoms with Crippen LogP contribution in [0.3, 0.4) is 0 Å². The quantitative estimate of drug-likeness (QED) is 0.697. The van der Waals surface area contributed by atoms with Crippen molar-refractivity contribution < 1.29 is 4.52 Å². The molecule has 1 aromatic carbocycles. The zero-order chi connectivity index (χ0) is 9.10. The van der Waals surface area contributed by atoms with Gasteiger partial charge in [-0.2, -0.15) is 0 Å². The Morgan fingerprint density at radius 1 is 1.23 bits per heavy atom. The zero-order valence-corrected chi connectivity index (χ0v) is 7.53. The van der Waals surface area contributed by atoms with Gasteiger partial charge in [0.1, 0.15) is 5.76 Å². The number of hydrogen-bond donors (Lipinski definition) is 0. The molecule has 0 spiro atoms. The van der Waals surface area contributed by atoms with Crippen molar-refractivity contribution in [2.24, 2.45) is 0 Å². The van der Waals surface area contributed by atoms with Crippen LogP contribution in [0.15, 0.2) is 40.9 Å². The van der Waals surface area contributed by atoms with Crippen LogP contribution in [-0.2, 0) is 6.42 Å². The topological polar surface area (TPSA) is 26.0 Å². The number of aromatic nitrogens is 1. The molecule has 1 heterocycles. The summed E-state index contributed by atoms with van der Waals surface area (Å²) in [6, 6.07) is 12.2. The van der Waals surface area contributed by atoms with E-state index in [-0.39, 0.29) is 0 Å². The van der Waals surface area contributed by atoms with Gasteiger partial charge in [-0.3, -0.25) is 0 Å². The molecule has 2 rings (SSSR count). The maximum Gasteiger partial charge on any atom is 0.141 e. The van der Waals surface area contributed by atoms with Crippen LogP contribution in [0.1, 0.15) is 17.0 Å².